The number of nitrogens with zero attached hydrogens (tertiary/aromatic N) is 3. The molecule has 1 N–H and O–H groups in total. The second-order valence-electron chi connectivity index (χ2n) is 3.35. The van der Waals surface area contributed by atoms with Gasteiger partial charge in [-0.25, -0.2) is 4.98 Å². The van der Waals surface area contributed by atoms with E-state index in [0.717, 1.165) is 9.88 Å². The molecular weight excluding hydrogens is 240 g/mol. The first kappa shape index (κ1) is 11.5. The number of aromatic nitrogens is 2. The number of nitro groups is 1. The monoisotopic (exact) mass is 250 g/mol. The second-order valence-corrected chi connectivity index (χ2v) is 4.67. The van der Waals surface area contributed by atoms with Crippen molar-refractivity contribution in [1.82, 2.24) is 9.97 Å². The van der Waals surface area contributed by atoms with Crippen LogP contribution in [-0.2, 0) is 6.54 Å². The molecule has 0 bridgehead atoms. The Morgan fingerprint density at radius 2 is 2.35 bits per heavy atom. The first-order chi connectivity index (χ1) is 8.16. The van der Waals surface area contributed by atoms with Crippen LogP contribution in [-0.4, -0.2) is 14.9 Å². The molecule has 2 rings (SSSR count). The Hall–Kier alpha value is -2.02. The summed E-state index contributed by atoms with van der Waals surface area (Å²) in [6, 6.07) is 3.29. The molecule has 0 aliphatic rings. The number of thiazole rings is 1. The third kappa shape index (κ3) is 2.76. The second kappa shape index (κ2) is 4.88. The number of hydrogen-bond acceptors (Lipinski definition) is 6. The van der Waals surface area contributed by atoms with E-state index in [-0.39, 0.29) is 5.82 Å². The van der Waals surface area contributed by atoms with E-state index in [1.807, 2.05) is 6.92 Å². The normalized spacial score (nSPS) is 10.2. The number of aryl methyl sites for hydroxylation is 1. The zero-order valence-electron chi connectivity index (χ0n) is 9.08. The van der Waals surface area contributed by atoms with Crippen LogP contribution in [0, 0.1) is 17.0 Å². The molecule has 2 heterocycles. The molecule has 0 radical (unpaired) electrons. The van der Waals surface area contributed by atoms with Crippen LogP contribution in [0.15, 0.2) is 24.5 Å². The summed E-state index contributed by atoms with van der Waals surface area (Å²) in [6.45, 7) is 2.43. The van der Waals surface area contributed by atoms with Crippen molar-refractivity contribution in [2.24, 2.45) is 0 Å². The Labute approximate surface area is 102 Å². The molecule has 88 valence electrons. The van der Waals surface area contributed by atoms with Crippen molar-refractivity contribution in [2.75, 3.05) is 5.32 Å². The molecule has 2 aromatic rings. The van der Waals surface area contributed by atoms with Gasteiger partial charge in [0.25, 0.3) is 0 Å². The molecule has 2 aromatic heterocycles. The molecule has 0 aromatic carbocycles. The van der Waals surface area contributed by atoms with E-state index in [9.17, 15) is 10.1 Å². The smallest absolute Gasteiger partial charge is 0.372 e. The van der Waals surface area contributed by atoms with Gasteiger partial charge < -0.3 is 15.4 Å². The summed E-state index contributed by atoms with van der Waals surface area (Å²) in [7, 11) is 0. The van der Waals surface area contributed by atoms with Gasteiger partial charge in [-0.2, -0.15) is 0 Å². The van der Waals surface area contributed by atoms with Crippen molar-refractivity contribution in [3.8, 4) is 0 Å². The maximum atomic E-state index is 10.7. The van der Waals surface area contributed by atoms with Crippen LogP contribution in [0.5, 0.6) is 0 Å². The van der Waals surface area contributed by atoms with E-state index >= 15 is 0 Å². The lowest BCUT2D eigenvalue weighted by atomic mass is 10.4. The van der Waals surface area contributed by atoms with Crippen LogP contribution in [0.4, 0.5) is 11.5 Å². The fourth-order valence-electron chi connectivity index (χ4n) is 1.33. The highest BCUT2D eigenvalue weighted by molar-refractivity contribution is 7.11. The van der Waals surface area contributed by atoms with Crippen molar-refractivity contribution in [1.29, 1.82) is 0 Å². The van der Waals surface area contributed by atoms with Gasteiger partial charge in [-0.1, -0.05) is 0 Å². The minimum atomic E-state index is -0.505. The molecule has 0 saturated heterocycles. The van der Waals surface area contributed by atoms with Crippen molar-refractivity contribution in [2.45, 2.75) is 13.5 Å². The maximum Gasteiger partial charge on any atom is 0.386 e. The fraction of sp³-hybridized carbons (Fsp3) is 0.200. The van der Waals surface area contributed by atoms with Crippen LogP contribution >= 0.6 is 11.3 Å². The molecule has 0 atom stereocenters. The van der Waals surface area contributed by atoms with Gasteiger partial charge in [0, 0.05) is 11.1 Å². The highest BCUT2D eigenvalue weighted by Crippen LogP contribution is 2.21. The van der Waals surface area contributed by atoms with Crippen LogP contribution in [0.2, 0.25) is 0 Å². The van der Waals surface area contributed by atoms with E-state index in [1.165, 1.54) is 6.20 Å². The zero-order chi connectivity index (χ0) is 12.3. The number of rotatable bonds is 4. The van der Waals surface area contributed by atoms with Crippen LogP contribution in [0.3, 0.4) is 0 Å². The van der Waals surface area contributed by atoms with Crippen molar-refractivity contribution >= 4 is 22.8 Å². The molecule has 6 nitrogen and oxygen atoms in total. The van der Waals surface area contributed by atoms with E-state index in [4.69, 9.17) is 0 Å². The van der Waals surface area contributed by atoms with Crippen molar-refractivity contribution < 1.29 is 4.92 Å². The third-order valence-electron chi connectivity index (χ3n) is 2.06. The van der Waals surface area contributed by atoms with Crippen molar-refractivity contribution in [3.63, 3.8) is 0 Å². The van der Waals surface area contributed by atoms with Gasteiger partial charge in [0.1, 0.15) is 16.9 Å². The molecule has 0 aliphatic heterocycles. The lowest BCUT2D eigenvalue weighted by Gasteiger charge is -2.03. The summed E-state index contributed by atoms with van der Waals surface area (Å²) >= 11 is 1.56. The zero-order valence-corrected chi connectivity index (χ0v) is 9.90. The van der Waals surface area contributed by atoms with Crippen LogP contribution in [0.25, 0.3) is 0 Å². The van der Waals surface area contributed by atoms with E-state index in [0.29, 0.717) is 12.2 Å². The summed E-state index contributed by atoms with van der Waals surface area (Å²) in [5, 5.41) is 14.6. The molecule has 7 heteroatoms. The van der Waals surface area contributed by atoms with Gasteiger partial charge >= 0.3 is 5.82 Å². The minimum Gasteiger partial charge on any atom is -0.372 e. The predicted molar refractivity (Wildman–Crippen MR) is 65.1 cm³/mol. The molecule has 0 amide bonds. The van der Waals surface area contributed by atoms with Gasteiger partial charge in [-0.05, 0) is 29.0 Å². The quantitative estimate of drug-likeness (QED) is 0.665. The highest BCUT2D eigenvalue weighted by Gasteiger charge is 2.13. The average Bonchev–Trinajstić information content (AvgIpc) is 2.73. The molecular formula is C10H10N4O2S. The lowest BCUT2D eigenvalue weighted by Crippen LogP contribution is -2.03. The van der Waals surface area contributed by atoms with Gasteiger partial charge in [0.05, 0.1) is 6.54 Å². The number of anilines is 1. The lowest BCUT2D eigenvalue weighted by molar-refractivity contribution is -0.388. The Bertz CT molecular complexity index is 541. The Balaban J connectivity index is 2.11. The number of pyridine rings is 1. The molecule has 0 unspecified atom stereocenters. The van der Waals surface area contributed by atoms with Gasteiger partial charge in [0.15, 0.2) is 0 Å². The minimum absolute atomic E-state index is 0.166. The summed E-state index contributed by atoms with van der Waals surface area (Å²) in [5.41, 5.74) is 0.408. The van der Waals surface area contributed by atoms with Gasteiger partial charge in [-0.3, -0.25) is 0 Å². The van der Waals surface area contributed by atoms with Crippen LogP contribution in [0.1, 0.15) is 9.88 Å². The number of hydrogen-bond donors (Lipinski definition) is 1. The standard InChI is InChI=1S/C10H10N4O2S/c1-7-5-13-9(17-7)6-12-8-3-2-4-11-10(8)14(15)16/h2-5,12H,6H2,1H3. The molecule has 0 fully saturated rings. The summed E-state index contributed by atoms with van der Waals surface area (Å²) < 4.78 is 0. The Morgan fingerprint density at radius 3 is 3.00 bits per heavy atom. The number of nitrogens with one attached hydrogen (secondary N) is 1. The van der Waals surface area contributed by atoms with Crippen molar-refractivity contribution in [3.05, 3.63) is 44.5 Å². The predicted octanol–water partition coefficient (Wildman–Crippen LogP) is 2.37. The van der Waals surface area contributed by atoms with Gasteiger partial charge in [-0.15, -0.1) is 11.3 Å². The topological polar surface area (TPSA) is 81.0 Å². The van der Waals surface area contributed by atoms with E-state index in [1.54, 1.807) is 29.7 Å². The summed E-state index contributed by atoms with van der Waals surface area (Å²) in [6.07, 6.45) is 3.18. The fourth-order valence-corrected chi connectivity index (χ4v) is 2.06. The maximum absolute atomic E-state index is 10.7. The Morgan fingerprint density at radius 1 is 1.53 bits per heavy atom. The average molecular weight is 250 g/mol. The molecule has 0 aliphatic carbocycles. The third-order valence-corrected chi connectivity index (χ3v) is 2.97. The summed E-state index contributed by atoms with van der Waals surface area (Å²) in [5.74, 6) is -0.166. The highest BCUT2D eigenvalue weighted by atomic mass is 32.1. The molecule has 17 heavy (non-hydrogen) atoms. The first-order valence-electron chi connectivity index (χ1n) is 4.91. The largest absolute Gasteiger partial charge is 0.386 e. The van der Waals surface area contributed by atoms with E-state index in [2.05, 4.69) is 15.3 Å². The van der Waals surface area contributed by atoms with Gasteiger partial charge in [0.2, 0.25) is 0 Å². The SMILES string of the molecule is Cc1cnc(CNc2cccnc2[N+](=O)[O-])s1. The first-order valence-corrected chi connectivity index (χ1v) is 5.73. The molecule has 0 saturated carbocycles. The summed E-state index contributed by atoms with van der Waals surface area (Å²) in [4.78, 5) is 19.2. The molecule has 0 spiro atoms. The Kier molecular flexibility index (Phi) is 3.29. The van der Waals surface area contributed by atoms with Crippen LogP contribution < -0.4 is 5.32 Å². The van der Waals surface area contributed by atoms with E-state index < -0.39 is 4.92 Å².